The van der Waals surface area contributed by atoms with Crippen molar-refractivity contribution in [1.82, 2.24) is 24.6 Å². The summed E-state index contributed by atoms with van der Waals surface area (Å²) in [6.45, 7) is 5.03. The first-order valence-corrected chi connectivity index (χ1v) is 9.86. The van der Waals surface area contributed by atoms with Crippen molar-refractivity contribution in [2.75, 3.05) is 33.8 Å². The van der Waals surface area contributed by atoms with E-state index in [4.69, 9.17) is 4.74 Å². The van der Waals surface area contributed by atoms with Gasteiger partial charge in [-0.2, -0.15) is 0 Å². The lowest BCUT2D eigenvalue weighted by Crippen LogP contribution is -2.39. The molecule has 0 aliphatic carbocycles. The SMILES string of the molecule is Cc1cc(C)c2c(OCC(=O)N(CCN(C)C)Cc3ccccc3F)nn(C)c2n1. The van der Waals surface area contributed by atoms with Crippen molar-refractivity contribution in [3.05, 3.63) is 53.0 Å². The lowest BCUT2D eigenvalue weighted by Gasteiger charge is -2.24. The van der Waals surface area contributed by atoms with Crippen LogP contribution in [0.25, 0.3) is 11.0 Å². The Morgan fingerprint density at radius 1 is 1.20 bits per heavy atom. The van der Waals surface area contributed by atoms with Crippen molar-refractivity contribution in [3.63, 3.8) is 0 Å². The highest BCUT2D eigenvalue weighted by Gasteiger charge is 2.20. The van der Waals surface area contributed by atoms with E-state index in [0.29, 0.717) is 30.2 Å². The summed E-state index contributed by atoms with van der Waals surface area (Å²) in [6.07, 6.45) is 0. The molecule has 0 radical (unpaired) electrons. The maximum atomic E-state index is 14.1. The first-order valence-electron chi connectivity index (χ1n) is 9.86. The standard InChI is InChI=1S/C22H28FN5O2/c1-15-12-16(2)24-21-20(15)22(25-27(21)5)30-14-19(29)28(11-10-26(3)4)13-17-8-6-7-9-18(17)23/h6-9,12H,10-11,13-14H2,1-5H3. The van der Waals surface area contributed by atoms with Crippen LogP contribution in [0.4, 0.5) is 4.39 Å². The van der Waals surface area contributed by atoms with Crippen LogP contribution in [0.15, 0.2) is 30.3 Å². The molecule has 0 aliphatic rings. The van der Waals surface area contributed by atoms with Crippen molar-refractivity contribution in [1.29, 1.82) is 0 Å². The number of benzene rings is 1. The van der Waals surface area contributed by atoms with Gasteiger partial charge in [0, 0.05) is 37.9 Å². The fourth-order valence-corrected chi connectivity index (χ4v) is 3.32. The first-order chi connectivity index (χ1) is 14.3. The molecule has 0 unspecified atom stereocenters. The number of rotatable bonds is 8. The van der Waals surface area contributed by atoms with E-state index in [1.807, 2.05) is 38.9 Å². The molecule has 0 saturated carbocycles. The number of ether oxygens (including phenoxy) is 1. The van der Waals surface area contributed by atoms with Gasteiger partial charge in [-0.1, -0.05) is 18.2 Å². The van der Waals surface area contributed by atoms with E-state index in [9.17, 15) is 9.18 Å². The Hall–Kier alpha value is -3.00. The number of hydrogen-bond donors (Lipinski definition) is 0. The minimum atomic E-state index is -0.325. The van der Waals surface area contributed by atoms with E-state index in [1.165, 1.54) is 6.07 Å². The third kappa shape index (κ3) is 4.94. The second kappa shape index (κ2) is 9.21. The molecule has 0 atom stereocenters. The van der Waals surface area contributed by atoms with Gasteiger partial charge in [0.05, 0.1) is 5.39 Å². The minimum absolute atomic E-state index is 0.179. The van der Waals surface area contributed by atoms with Gasteiger partial charge in [-0.05, 0) is 45.6 Å². The maximum absolute atomic E-state index is 14.1. The summed E-state index contributed by atoms with van der Waals surface area (Å²) >= 11 is 0. The van der Waals surface area contributed by atoms with Crippen LogP contribution < -0.4 is 4.74 Å². The normalized spacial score (nSPS) is 11.3. The van der Waals surface area contributed by atoms with Crippen molar-refractivity contribution in [3.8, 4) is 5.88 Å². The summed E-state index contributed by atoms with van der Waals surface area (Å²) in [7, 11) is 5.66. The topological polar surface area (TPSA) is 63.5 Å². The number of pyridine rings is 1. The molecule has 0 saturated heterocycles. The number of carbonyl (C=O) groups is 1. The highest BCUT2D eigenvalue weighted by atomic mass is 19.1. The minimum Gasteiger partial charge on any atom is -0.466 e. The van der Waals surface area contributed by atoms with E-state index in [2.05, 4.69) is 10.1 Å². The molecule has 0 bridgehead atoms. The van der Waals surface area contributed by atoms with Gasteiger partial charge < -0.3 is 14.5 Å². The summed E-state index contributed by atoms with van der Waals surface area (Å²) in [5.41, 5.74) is 3.07. The Labute approximate surface area is 176 Å². The number of aryl methyl sites for hydroxylation is 3. The van der Waals surface area contributed by atoms with Gasteiger partial charge in [0.2, 0.25) is 5.88 Å². The first kappa shape index (κ1) is 21.7. The van der Waals surface area contributed by atoms with Crippen LogP contribution in [0.1, 0.15) is 16.8 Å². The smallest absolute Gasteiger partial charge is 0.260 e. The highest BCUT2D eigenvalue weighted by Crippen LogP contribution is 2.27. The van der Waals surface area contributed by atoms with Crippen LogP contribution in [0, 0.1) is 19.7 Å². The Kier molecular flexibility index (Phi) is 6.66. The summed E-state index contributed by atoms with van der Waals surface area (Å²) in [6, 6.07) is 8.45. The zero-order chi connectivity index (χ0) is 21.8. The zero-order valence-corrected chi connectivity index (χ0v) is 18.1. The van der Waals surface area contributed by atoms with Crippen LogP contribution in [0.5, 0.6) is 5.88 Å². The number of carbonyl (C=O) groups excluding carboxylic acids is 1. The second-order valence-electron chi connectivity index (χ2n) is 7.71. The Morgan fingerprint density at radius 3 is 2.63 bits per heavy atom. The molecular formula is C22H28FN5O2. The van der Waals surface area contributed by atoms with Crippen LogP contribution >= 0.6 is 0 Å². The van der Waals surface area contributed by atoms with Gasteiger partial charge in [0.15, 0.2) is 12.3 Å². The van der Waals surface area contributed by atoms with Gasteiger partial charge in [0.25, 0.3) is 5.91 Å². The number of hydrogen-bond acceptors (Lipinski definition) is 5. The van der Waals surface area contributed by atoms with E-state index >= 15 is 0 Å². The van der Waals surface area contributed by atoms with Crippen molar-refractivity contribution in [2.45, 2.75) is 20.4 Å². The van der Waals surface area contributed by atoms with Crippen molar-refractivity contribution in [2.24, 2.45) is 7.05 Å². The molecule has 0 fully saturated rings. The van der Waals surface area contributed by atoms with Crippen LogP contribution in [0.2, 0.25) is 0 Å². The summed E-state index contributed by atoms with van der Waals surface area (Å²) in [4.78, 5) is 21.0. The fourth-order valence-electron chi connectivity index (χ4n) is 3.32. The predicted octanol–water partition coefficient (Wildman–Crippen LogP) is 2.69. The molecule has 2 heterocycles. The summed E-state index contributed by atoms with van der Waals surface area (Å²) < 4.78 is 21.6. The molecule has 160 valence electrons. The van der Waals surface area contributed by atoms with Crippen molar-refractivity contribution < 1.29 is 13.9 Å². The third-order valence-corrected chi connectivity index (χ3v) is 4.91. The molecule has 0 spiro atoms. The Balaban J connectivity index is 1.77. The van der Waals surface area contributed by atoms with E-state index < -0.39 is 0 Å². The third-order valence-electron chi connectivity index (χ3n) is 4.91. The lowest BCUT2D eigenvalue weighted by atomic mass is 10.2. The molecule has 2 aromatic heterocycles. The maximum Gasteiger partial charge on any atom is 0.260 e. The number of amides is 1. The van der Waals surface area contributed by atoms with Gasteiger partial charge in [-0.3, -0.25) is 4.79 Å². The Morgan fingerprint density at radius 2 is 1.93 bits per heavy atom. The molecule has 3 aromatic rings. The molecule has 1 aromatic carbocycles. The molecule has 30 heavy (non-hydrogen) atoms. The van der Waals surface area contributed by atoms with E-state index in [1.54, 1.807) is 34.8 Å². The number of halogens is 1. The number of likely N-dealkylation sites (N-methyl/N-ethyl adjacent to an activating group) is 1. The monoisotopic (exact) mass is 413 g/mol. The quantitative estimate of drug-likeness (QED) is 0.568. The number of aromatic nitrogens is 3. The summed E-state index contributed by atoms with van der Waals surface area (Å²) in [5.74, 6) is -0.171. The highest BCUT2D eigenvalue weighted by molar-refractivity contribution is 5.85. The molecule has 7 nitrogen and oxygen atoms in total. The van der Waals surface area contributed by atoms with Gasteiger partial charge in [-0.15, -0.1) is 5.10 Å². The van der Waals surface area contributed by atoms with Crippen LogP contribution in [-0.4, -0.2) is 64.3 Å². The predicted molar refractivity (Wildman–Crippen MR) is 114 cm³/mol. The van der Waals surface area contributed by atoms with Gasteiger partial charge >= 0.3 is 0 Å². The number of nitrogens with zero attached hydrogens (tertiary/aromatic N) is 5. The summed E-state index contributed by atoms with van der Waals surface area (Å²) in [5, 5.41) is 5.18. The molecule has 3 rings (SSSR count). The van der Waals surface area contributed by atoms with Crippen LogP contribution in [0.3, 0.4) is 0 Å². The zero-order valence-electron chi connectivity index (χ0n) is 18.1. The van der Waals surface area contributed by atoms with Gasteiger partial charge in [-0.25, -0.2) is 14.1 Å². The van der Waals surface area contributed by atoms with Crippen LogP contribution in [-0.2, 0) is 18.4 Å². The molecule has 0 N–H and O–H groups in total. The second-order valence-corrected chi connectivity index (χ2v) is 7.71. The lowest BCUT2D eigenvalue weighted by molar-refractivity contribution is -0.134. The number of fused-ring (bicyclic) bond motifs is 1. The fraction of sp³-hybridized carbons (Fsp3) is 0.409. The average Bonchev–Trinajstić information content (AvgIpc) is 3.00. The van der Waals surface area contributed by atoms with Gasteiger partial charge in [0.1, 0.15) is 5.82 Å². The molecule has 8 heteroatoms. The van der Waals surface area contributed by atoms with Crippen molar-refractivity contribution >= 4 is 16.9 Å². The molecule has 0 aliphatic heterocycles. The average molecular weight is 413 g/mol. The Bertz CT molecular complexity index is 1050. The molecular weight excluding hydrogens is 385 g/mol. The largest absolute Gasteiger partial charge is 0.466 e. The van der Waals surface area contributed by atoms with E-state index in [-0.39, 0.29) is 24.9 Å². The van der Waals surface area contributed by atoms with E-state index in [0.717, 1.165) is 16.6 Å². The molecule has 1 amide bonds.